The van der Waals surface area contributed by atoms with Crippen LogP contribution in [-0.4, -0.2) is 55.5 Å². The minimum atomic E-state index is -3.60. The van der Waals surface area contributed by atoms with Crippen LogP contribution in [0.5, 0.6) is 0 Å². The molecule has 2 fully saturated rings. The van der Waals surface area contributed by atoms with Gasteiger partial charge in [0.1, 0.15) is 5.54 Å². The van der Waals surface area contributed by atoms with Crippen LogP contribution >= 0.6 is 0 Å². The van der Waals surface area contributed by atoms with E-state index in [0.29, 0.717) is 5.69 Å². The van der Waals surface area contributed by atoms with Crippen LogP contribution < -0.4 is 10.2 Å². The van der Waals surface area contributed by atoms with Crippen molar-refractivity contribution in [3.63, 3.8) is 0 Å². The van der Waals surface area contributed by atoms with E-state index in [2.05, 4.69) is 5.32 Å². The van der Waals surface area contributed by atoms with E-state index < -0.39 is 21.5 Å². The van der Waals surface area contributed by atoms with Crippen LogP contribution in [0.25, 0.3) is 0 Å². The molecule has 2 aliphatic rings. The molecule has 8 heteroatoms. The van der Waals surface area contributed by atoms with Gasteiger partial charge in [-0.1, -0.05) is 31.0 Å². The number of piperazine rings is 1. The molecule has 1 saturated carbocycles. The zero-order chi connectivity index (χ0) is 19.8. The average Bonchev–Trinajstić information content (AvgIpc) is 3.08. The number of benzene rings is 1. The summed E-state index contributed by atoms with van der Waals surface area (Å²) in [6.45, 7) is 3.20. The summed E-state index contributed by atoms with van der Waals surface area (Å²) in [5.41, 5.74) is 0.186. The van der Waals surface area contributed by atoms with Crippen molar-refractivity contribution in [2.75, 3.05) is 24.2 Å². The molecule has 1 saturated heterocycles. The van der Waals surface area contributed by atoms with Crippen molar-refractivity contribution in [2.24, 2.45) is 0 Å². The highest BCUT2D eigenvalue weighted by molar-refractivity contribution is 7.88. The van der Waals surface area contributed by atoms with Crippen LogP contribution in [0.3, 0.4) is 0 Å². The van der Waals surface area contributed by atoms with Crippen LogP contribution in [0.4, 0.5) is 5.69 Å². The number of nitrogens with one attached hydrogen (secondary N) is 1. The topological polar surface area (TPSA) is 86.8 Å². The van der Waals surface area contributed by atoms with E-state index in [1.165, 1.54) is 4.90 Å². The minimum Gasteiger partial charge on any atom is -0.351 e. The van der Waals surface area contributed by atoms with Crippen molar-refractivity contribution in [1.82, 2.24) is 9.62 Å². The van der Waals surface area contributed by atoms with Gasteiger partial charge in [0.15, 0.2) is 0 Å². The standard InChI is InChI=1S/C19H27N3O4S/c1-14-8-4-7-11-16(14)22-17(23)12-21(27(3,25)26)13-19(22,2)18(24)20-15-9-5-6-10-15/h4,7-8,11,15H,5-6,9-10,12-13H2,1-3H3,(H,20,24)/t19-/m0/s1. The van der Waals surface area contributed by atoms with Gasteiger partial charge in [0, 0.05) is 18.3 Å². The Balaban J connectivity index is 2.02. The molecule has 148 valence electrons. The Kier molecular flexibility index (Phi) is 5.31. The number of carbonyl (C=O) groups excluding carboxylic acids is 2. The summed E-state index contributed by atoms with van der Waals surface area (Å²) >= 11 is 0. The first-order valence-corrected chi connectivity index (χ1v) is 11.1. The van der Waals surface area contributed by atoms with Crippen molar-refractivity contribution in [1.29, 1.82) is 0 Å². The Labute approximate surface area is 160 Å². The van der Waals surface area contributed by atoms with Gasteiger partial charge in [0.2, 0.25) is 21.8 Å². The largest absolute Gasteiger partial charge is 0.351 e. The van der Waals surface area contributed by atoms with E-state index in [-0.39, 0.29) is 25.0 Å². The summed E-state index contributed by atoms with van der Waals surface area (Å²) in [4.78, 5) is 27.7. The van der Waals surface area contributed by atoms with Crippen molar-refractivity contribution in [3.05, 3.63) is 29.8 Å². The lowest BCUT2D eigenvalue weighted by atomic mass is 9.93. The second kappa shape index (κ2) is 7.24. The van der Waals surface area contributed by atoms with Crippen LogP contribution in [0.2, 0.25) is 0 Å². The number of carbonyl (C=O) groups is 2. The number of nitrogens with zero attached hydrogens (tertiary/aromatic N) is 2. The van der Waals surface area contributed by atoms with E-state index in [1.807, 2.05) is 25.1 Å². The third kappa shape index (κ3) is 3.87. The molecule has 2 amide bonds. The third-order valence-electron chi connectivity index (χ3n) is 5.54. The molecular formula is C19H27N3O4S. The number of rotatable bonds is 4. The Morgan fingerprint density at radius 3 is 2.44 bits per heavy atom. The smallest absolute Gasteiger partial charge is 0.247 e. The SMILES string of the molecule is Cc1ccccc1N1C(=O)CN(S(C)(=O)=O)C[C@@]1(C)C(=O)NC1CCCC1. The van der Waals surface area contributed by atoms with Crippen molar-refractivity contribution < 1.29 is 18.0 Å². The first-order valence-electron chi connectivity index (χ1n) is 9.28. The first kappa shape index (κ1) is 19.8. The number of amides is 2. The maximum Gasteiger partial charge on any atom is 0.247 e. The van der Waals surface area contributed by atoms with Gasteiger partial charge in [-0.3, -0.25) is 14.5 Å². The van der Waals surface area contributed by atoms with Gasteiger partial charge < -0.3 is 5.32 Å². The third-order valence-corrected chi connectivity index (χ3v) is 6.74. The second-order valence-corrected chi connectivity index (χ2v) is 9.76. The van der Waals surface area contributed by atoms with Gasteiger partial charge in [-0.25, -0.2) is 8.42 Å². The van der Waals surface area contributed by atoms with E-state index in [0.717, 1.165) is 41.8 Å². The van der Waals surface area contributed by atoms with Crippen LogP contribution in [0.15, 0.2) is 24.3 Å². The zero-order valence-corrected chi connectivity index (χ0v) is 16.9. The molecule has 3 rings (SSSR count). The minimum absolute atomic E-state index is 0.0650. The molecule has 1 aromatic carbocycles. The van der Waals surface area contributed by atoms with Gasteiger partial charge >= 0.3 is 0 Å². The van der Waals surface area contributed by atoms with E-state index >= 15 is 0 Å². The Hall–Kier alpha value is -1.93. The molecule has 1 heterocycles. The van der Waals surface area contributed by atoms with E-state index in [9.17, 15) is 18.0 Å². The second-order valence-electron chi connectivity index (χ2n) is 7.78. The summed E-state index contributed by atoms with van der Waals surface area (Å²) < 4.78 is 25.3. The zero-order valence-electron chi connectivity index (χ0n) is 16.1. The summed E-state index contributed by atoms with van der Waals surface area (Å²) in [5.74, 6) is -0.704. The lowest BCUT2D eigenvalue weighted by molar-refractivity contribution is -0.133. The number of anilines is 1. The molecule has 1 aliphatic heterocycles. The van der Waals surface area contributed by atoms with Crippen LogP contribution in [0.1, 0.15) is 38.2 Å². The molecule has 1 aromatic rings. The number of para-hydroxylation sites is 1. The summed E-state index contributed by atoms with van der Waals surface area (Å²) in [6.07, 6.45) is 5.03. The van der Waals surface area contributed by atoms with Crippen molar-refractivity contribution in [3.8, 4) is 0 Å². The normalized spacial score (nSPS) is 25.0. The fourth-order valence-corrected chi connectivity index (χ4v) is 4.83. The van der Waals surface area contributed by atoms with Crippen molar-refractivity contribution >= 4 is 27.5 Å². The Morgan fingerprint density at radius 1 is 1.22 bits per heavy atom. The monoisotopic (exact) mass is 393 g/mol. The molecule has 1 atom stereocenters. The van der Waals surface area contributed by atoms with E-state index in [1.54, 1.807) is 13.0 Å². The molecule has 27 heavy (non-hydrogen) atoms. The highest BCUT2D eigenvalue weighted by atomic mass is 32.2. The fraction of sp³-hybridized carbons (Fsp3) is 0.579. The Bertz CT molecular complexity index is 848. The molecule has 0 unspecified atom stereocenters. The van der Waals surface area contributed by atoms with Gasteiger partial charge in [-0.15, -0.1) is 0 Å². The molecule has 0 spiro atoms. The number of hydrogen-bond donors (Lipinski definition) is 1. The molecule has 0 radical (unpaired) electrons. The number of hydrogen-bond acceptors (Lipinski definition) is 4. The first-order chi connectivity index (χ1) is 12.6. The molecule has 0 bridgehead atoms. The van der Waals surface area contributed by atoms with Crippen molar-refractivity contribution in [2.45, 2.75) is 51.1 Å². The Morgan fingerprint density at radius 2 is 1.85 bits per heavy atom. The highest BCUT2D eigenvalue weighted by Crippen LogP contribution is 2.33. The molecule has 0 aromatic heterocycles. The number of sulfonamides is 1. The van der Waals surface area contributed by atoms with E-state index in [4.69, 9.17) is 0 Å². The number of aryl methyl sites for hydroxylation is 1. The van der Waals surface area contributed by atoms with Crippen LogP contribution in [-0.2, 0) is 19.6 Å². The summed E-state index contributed by atoms with van der Waals surface area (Å²) in [7, 11) is -3.60. The predicted octanol–water partition coefficient (Wildman–Crippen LogP) is 1.42. The lowest BCUT2D eigenvalue weighted by Crippen LogP contribution is -2.70. The van der Waals surface area contributed by atoms with Gasteiger partial charge in [0.05, 0.1) is 12.8 Å². The molecular weight excluding hydrogens is 366 g/mol. The quantitative estimate of drug-likeness (QED) is 0.838. The summed E-state index contributed by atoms with van der Waals surface area (Å²) in [5, 5.41) is 3.05. The maximum atomic E-state index is 13.3. The van der Waals surface area contributed by atoms with Gasteiger partial charge in [-0.05, 0) is 38.3 Å². The highest BCUT2D eigenvalue weighted by Gasteiger charge is 2.50. The van der Waals surface area contributed by atoms with Gasteiger partial charge in [-0.2, -0.15) is 4.31 Å². The van der Waals surface area contributed by atoms with Crippen LogP contribution in [0, 0.1) is 6.92 Å². The molecule has 1 N–H and O–H groups in total. The summed E-state index contributed by atoms with van der Waals surface area (Å²) in [6, 6.07) is 7.43. The maximum absolute atomic E-state index is 13.3. The molecule has 1 aliphatic carbocycles. The lowest BCUT2D eigenvalue weighted by Gasteiger charge is -2.47. The molecule has 7 nitrogen and oxygen atoms in total. The predicted molar refractivity (Wildman–Crippen MR) is 104 cm³/mol. The van der Waals surface area contributed by atoms with Gasteiger partial charge in [0.25, 0.3) is 0 Å². The fourth-order valence-electron chi connectivity index (χ4n) is 4.00. The average molecular weight is 394 g/mol.